The summed E-state index contributed by atoms with van der Waals surface area (Å²) in [5.74, 6) is -1.35. The SMILES string of the molecule is CC.CC1(C)OCC(C2O[C@@H]3OC(C)(C)O[C@@H]3C2O)O1. The molecule has 6 nitrogen and oxygen atoms in total. The van der Waals surface area contributed by atoms with Crippen molar-refractivity contribution in [2.24, 2.45) is 0 Å². The van der Waals surface area contributed by atoms with Gasteiger partial charge in [0.05, 0.1) is 6.61 Å². The Labute approximate surface area is 120 Å². The first-order valence-corrected chi connectivity index (χ1v) is 7.28. The topological polar surface area (TPSA) is 66.4 Å². The molecule has 3 saturated heterocycles. The van der Waals surface area contributed by atoms with E-state index in [0.717, 1.165) is 0 Å². The zero-order valence-electron chi connectivity index (χ0n) is 13.1. The van der Waals surface area contributed by atoms with Crippen LogP contribution >= 0.6 is 0 Å². The highest BCUT2D eigenvalue weighted by atomic mass is 16.8. The monoisotopic (exact) mass is 290 g/mol. The Morgan fingerprint density at radius 2 is 1.55 bits per heavy atom. The zero-order chi connectivity index (χ0) is 15.1. The standard InChI is InChI=1S/C12H20O6.C2H6/c1-11(2)14-5-6(16-11)8-7(13)9-10(15-8)18-12(3,4)17-9;1-2/h6-10,13H,5H2,1-4H3;1-2H3/t6?,7?,8?,9-,10-;/m1./s1. The Hall–Kier alpha value is -0.240. The number of hydrogen-bond donors (Lipinski definition) is 1. The fourth-order valence-corrected chi connectivity index (χ4v) is 2.70. The Morgan fingerprint density at radius 3 is 2.05 bits per heavy atom. The van der Waals surface area contributed by atoms with Crippen molar-refractivity contribution < 1.29 is 28.8 Å². The van der Waals surface area contributed by atoms with Gasteiger partial charge in [-0.05, 0) is 27.7 Å². The van der Waals surface area contributed by atoms with Crippen molar-refractivity contribution in [3.8, 4) is 0 Å². The highest BCUT2D eigenvalue weighted by molar-refractivity contribution is 4.97. The van der Waals surface area contributed by atoms with E-state index in [1.807, 2.05) is 27.7 Å². The minimum atomic E-state index is -0.765. The van der Waals surface area contributed by atoms with Gasteiger partial charge in [-0.1, -0.05) is 13.8 Å². The third-order valence-corrected chi connectivity index (χ3v) is 3.45. The highest BCUT2D eigenvalue weighted by Gasteiger charge is 2.57. The first-order valence-electron chi connectivity index (χ1n) is 7.28. The smallest absolute Gasteiger partial charge is 0.190 e. The third kappa shape index (κ3) is 3.00. The second kappa shape index (κ2) is 5.51. The van der Waals surface area contributed by atoms with Crippen molar-refractivity contribution in [2.45, 2.75) is 83.8 Å². The Morgan fingerprint density at radius 1 is 0.900 bits per heavy atom. The first-order chi connectivity index (χ1) is 9.27. The summed E-state index contributed by atoms with van der Waals surface area (Å²) in [6.07, 6.45) is -2.53. The van der Waals surface area contributed by atoms with Gasteiger partial charge >= 0.3 is 0 Å². The molecule has 3 aliphatic rings. The second-order valence-electron chi connectivity index (χ2n) is 5.93. The number of fused-ring (bicyclic) bond motifs is 1. The van der Waals surface area contributed by atoms with Crippen LogP contribution in [-0.4, -0.2) is 54.0 Å². The molecule has 3 fully saturated rings. The average molecular weight is 290 g/mol. The molecule has 0 spiro atoms. The van der Waals surface area contributed by atoms with E-state index in [0.29, 0.717) is 6.61 Å². The molecule has 118 valence electrons. The summed E-state index contributed by atoms with van der Waals surface area (Å²) in [4.78, 5) is 0. The molecular weight excluding hydrogens is 264 g/mol. The molecule has 0 aromatic carbocycles. The summed E-state index contributed by atoms with van der Waals surface area (Å²) >= 11 is 0. The summed E-state index contributed by atoms with van der Waals surface area (Å²) in [7, 11) is 0. The van der Waals surface area contributed by atoms with E-state index in [9.17, 15) is 5.11 Å². The molecule has 1 N–H and O–H groups in total. The minimum Gasteiger partial charge on any atom is -0.387 e. The lowest BCUT2D eigenvalue weighted by atomic mass is 10.1. The van der Waals surface area contributed by atoms with Crippen molar-refractivity contribution in [2.75, 3.05) is 6.61 Å². The van der Waals surface area contributed by atoms with Crippen molar-refractivity contribution >= 4 is 0 Å². The van der Waals surface area contributed by atoms with Crippen molar-refractivity contribution in [3.05, 3.63) is 0 Å². The lowest BCUT2D eigenvalue weighted by Crippen LogP contribution is -2.42. The van der Waals surface area contributed by atoms with Gasteiger partial charge in [0.25, 0.3) is 0 Å². The fourth-order valence-electron chi connectivity index (χ4n) is 2.70. The molecule has 0 saturated carbocycles. The van der Waals surface area contributed by atoms with E-state index in [2.05, 4.69) is 0 Å². The maximum absolute atomic E-state index is 10.3. The van der Waals surface area contributed by atoms with Crippen LogP contribution in [0.3, 0.4) is 0 Å². The largest absolute Gasteiger partial charge is 0.387 e. The van der Waals surface area contributed by atoms with Gasteiger partial charge in [-0.3, -0.25) is 0 Å². The van der Waals surface area contributed by atoms with Crippen LogP contribution in [0.15, 0.2) is 0 Å². The molecule has 20 heavy (non-hydrogen) atoms. The highest BCUT2D eigenvalue weighted by Crippen LogP contribution is 2.40. The predicted molar refractivity (Wildman–Crippen MR) is 71.0 cm³/mol. The van der Waals surface area contributed by atoms with E-state index < -0.39 is 36.2 Å². The molecule has 5 atom stereocenters. The molecule has 3 rings (SSSR count). The molecule has 6 heteroatoms. The van der Waals surface area contributed by atoms with Gasteiger partial charge in [-0.25, -0.2) is 0 Å². The molecular formula is C14H26O6. The fraction of sp³-hybridized carbons (Fsp3) is 1.00. The normalized spacial score (nSPS) is 44.9. The summed E-state index contributed by atoms with van der Waals surface area (Å²) in [5.41, 5.74) is 0. The summed E-state index contributed by atoms with van der Waals surface area (Å²) in [5, 5.41) is 10.3. The van der Waals surface area contributed by atoms with Gasteiger partial charge in [-0.2, -0.15) is 0 Å². The van der Waals surface area contributed by atoms with Crippen LogP contribution in [-0.2, 0) is 23.7 Å². The number of hydrogen-bond acceptors (Lipinski definition) is 6. The molecule has 0 bridgehead atoms. The Kier molecular flexibility index (Phi) is 4.45. The Balaban J connectivity index is 0.000000704. The van der Waals surface area contributed by atoms with Crippen LogP contribution < -0.4 is 0 Å². The number of aliphatic hydroxyl groups excluding tert-OH is 1. The number of rotatable bonds is 1. The maximum atomic E-state index is 10.3. The molecule has 0 aliphatic carbocycles. The zero-order valence-corrected chi connectivity index (χ0v) is 13.1. The van der Waals surface area contributed by atoms with Gasteiger partial charge in [-0.15, -0.1) is 0 Å². The van der Waals surface area contributed by atoms with Crippen LogP contribution in [0, 0.1) is 0 Å². The van der Waals surface area contributed by atoms with Gasteiger partial charge in [0, 0.05) is 0 Å². The molecule has 0 radical (unpaired) electrons. The number of aliphatic hydroxyl groups is 1. The Bertz CT molecular complexity index is 343. The van der Waals surface area contributed by atoms with Crippen LogP contribution in [0.2, 0.25) is 0 Å². The molecule has 0 aromatic rings. The minimum absolute atomic E-state index is 0.295. The van der Waals surface area contributed by atoms with Crippen LogP contribution in [0.25, 0.3) is 0 Å². The number of ether oxygens (including phenoxy) is 5. The van der Waals surface area contributed by atoms with E-state index in [1.165, 1.54) is 0 Å². The van der Waals surface area contributed by atoms with Gasteiger partial charge < -0.3 is 28.8 Å². The van der Waals surface area contributed by atoms with Crippen LogP contribution in [0.5, 0.6) is 0 Å². The predicted octanol–water partition coefficient (Wildman–Crippen LogP) is 1.40. The summed E-state index contributed by atoms with van der Waals surface area (Å²) < 4.78 is 28.1. The van der Waals surface area contributed by atoms with Crippen molar-refractivity contribution in [1.29, 1.82) is 0 Å². The van der Waals surface area contributed by atoms with Crippen LogP contribution in [0.4, 0.5) is 0 Å². The van der Waals surface area contributed by atoms with Gasteiger partial charge in [0.15, 0.2) is 17.9 Å². The summed E-state index contributed by atoms with van der Waals surface area (Å²) in [6, 6.07) is 0. The van der Waals surface area contributed by atoms with Crippen molar-refractivity contribution in [1.82, 2.24) is 0 Å². The lowest BCUT2D eigenvalue weighted by molar-refractivity contribution is -0.232. The third-order valence-electron chi connectivity index (χ3n) is 3.45. The van der Waals surface area contributed by atoms with E-state index in [1.54, 1.807) is 13.8 Å². The quantitative estimate of drug-likeness (QED) is 0.787. The van der Waals surface area contributed by atoms with Gasteiger partial charge in [0.2, 0.25) is 0 Å². The summed E-state index contributed by atoms with van der Waals surface area (Å²) in [6.45, 7) is 11.7. The molecule has 0 amide bonds. The lowest BCUT2D eigenvalue weighted by Gasteiger charge is -2.26. The first kappa shape index (κ1) is 16.1. The average Bonchev–Trinajstić information content (AvgIpc) is 2.95. The van der Waals surface area contributed by atoms with E-state index in [4.69, 9.17) is 23.7 Å². The molecule has 3 aliphatic heterocycles. The van der Waals surface area contributed by atoms with Crippen molar-refractivity contribution in [3.63, 3.8) is 0 Å². The van der Waals surface area contributed by atoms with E-state index >= 15 is 0 Å². The maximum Gasteiger partial charge on any atom is 0.190 e. The van der Waals surface area contributed by atoms with E-state index in [-0.39, 0.29) is 6.10 Å². The molecule has 3 unspecified atom stereocenters. The molecule has 0 aromatic heterocycles. The van der Waals surface area contributed by atoms with Gasteiger partial charge in [0.1, 0.15) is 24.4 Å². The second-order valence-corrected chi connectivity index (χ2v) is 5.93. The van der Waals surface area contributed by atoms with Crippen LogP contribution in [0.1, 0.15) is 41.5 Å². The molecule has 3 heterocycles.